The zero-order valence-corrected chi connectivity index (χ0v) is 8.51. The number of aromatic hydroxyl groups is 1. The number of rotatable bonds is 3. The lowest BCUT2D eigenvalue weighted by Crippen LogP contribution is -2.22. The molecule has 0 aromatic heterocycles. The number of nitriles is 1. The predicted molar refractivity (Wildman–Crippen MR) is 53.5 cm³/mol. The Bertz CT molecular complexity index is 444. The molecule has 5 nitrogen and oxygen atoms in total. The van der Waals surface area contributed by atoms with Crippen LogP contribution < -0.4 is 0 Å². The van der Waals surface area contributed by atoms with Crippen LogP contribution in [-0.4, -0.2) is 24.0 Å². The molecule has 0 bridgehead atoms. The van der Waals surface area contributed by atoms with Crippen molar-refractivity contribution in [1.29, 1.82) is 5.26 Å². The lowest BCUT2D eigenvalue weighted by molar-refractivity contribution is -0.151. The summed E-state index contributed by atoms with van der Waals surface area (Å²) in [4.78, 5) is 22.4. The molecule has 0 heterocycles. The van der Waals surface area contributed by atoms with Crippen molar-refractivity contribution in [1.82, 2.24) is 0 Å². The van der Waals surface area contributed by atoms with Crippen LogP contribution in [0.1, 0.15) is 11.5 Å². The number of carbonyl (C=O) groups is 2. The van der Waals surface area contributed by atoms with E-state index in [2.05, 4.69) is 4.74 Å². The van der Waals surface area contributed by atoms with E-state index in [1.54, 1.807) is 6.07 Å². The van der Waals surface area contributed by atoms with E-state index in [9.17, 15) is 9.59 Å². The maximum absolute atomic E-state index is 11.4. The van der Waals surface area contributed by atoms with E-state index in [-0.39, 0.29) is 5.75 Å². The first-order chi connectivity index (χ1) is 7.60. The molecule has 0 saturated heterocycles. The molecule has 1 rings (SSSR count). The number of ketones is 1. The van der Waals surface area contributed by atoms with Gasteiger partial charge in [0.15, 0.2) is 0 Å². The van der Waals surface area contributed by atoms with Gasteiger partial charge in [-0.25, -0.2) is 4.79 Å². The van der Waals surface area contributed by atoms with Crippen LogP contribution in [0.5, 0.6) is 5.75 Å². The quantitative estimate of drug-likeness (QED) is 0.598. The first-order valence-corrected chi connectivity index (χ1v) is 4.41. The van der Waals surface area contributed by atoms with Crippen LogP contribution in [-0.2, 0) is 14.3 Å². The van der Waals surface area contributed by atoms with Crippen LogP contribution >= 0.6 is 0 Å². The molecular weight excluding hydrogens is 210 g/mol. The Hall–Kier alpha value is -2.35. The molecule has 5 heteroatoms. The number of benzene rings is 1. The molecule has 0 amide bonds. The fourth-order valence-corrected chi connectivity index (χ4v) is 1.17. The molecule has 1 N–H and O–H groups in total. The molecule has 0 radical (unpaired) electrons. The molecule has 16 heavy (non-hydrogen) atoms. The molecule has 0 aliphatic rings. The third-order valence-corrected chi connectivity index (χ3v) is 2.00. The van der Waals surface area contributed by atoms with E-state index in [1.807, 2.05) is 0 Å². The third kappa shape index (κ3) is 2.36. The van der Waals surface area contributed by atoms with E-state index >= 15 is 0 Å². The fourth-order valence-electron chi connectivity index (χ4n) is 1.17. The van der Waals surface area contributed by atoms with Gasteiger partial charge >= 0.3 is 5.97 Å². The smallest absolute Gasteiger partial charge is 0.376 e. The minimum Gasteiger partial charge on any atom is -0.508 e. The lowest BCUT2D eigenvalue weighted by atomic mass is 9.96. The molecule has 0 saturated carbocycles. The highest BCUT2D eigenvalue weighted by Gasteiger charge is 2.27. The largest absolute Gasteiger partial charge is 0.508 e. The Balaban J connectivity index is 3.00. The monoisotopic (exact) mass is 219 g/mol. The molecule has 1 aromatic rings. The van der Waals surface area contributed by atoms with Gasteiger partial charge in [0.1, 0.15) is 11.7 Å². The van der Waals surface area contributed by atoms with Crippen molar-refractivity contribution in [2.75, 3.05) is 7.11 Å². The van der Waals surface area contributed by atoms with E-state index in [0.717, 1.165) is 7.11 Å². The zero-order valence-electron chi connectivity index (χ0n) is 8.51. The van der Waals surface area contributed by atoms with Gasteiger partial charge < -0.3 is 9.84 Å². The van der Waals surface area contributed by atoms with Crippen molar-refractivity contribution in [2.24, 2.45) is 0 Å². The Morgan fingerprint density at radius 1 is 1.38 bits per heavy atom. The van der Waals surface area contributed by atoms with Crippen LogP contribution in [0, 0.1) is 11.3 Å². The maximum Gasteiger partial charge on any atom is 0.376 e. The van der Waals surface area contributed by atoms with Crippen molar-refractivity contribution in [3.63, 3.8) is 0 Å². The van der Waals surface area contributed by atoms with Crippen molar-refractivity contribution in [3.8, 4) is 11.8 Å². The van der Waals surface area contributed by atoms with Gasteiger partial charge in [0.2, 0.25) is 0 Å². The number of Topliss-reactive ketones (excluding diaryl/α,β-unsaturated/α-hetero) is 1. The molecule has 0 aliphatic carbocycles. The number of carbonyl (C=O) groups excluding carboxylic acids is 2. The minimum absolute atomic E-state index is 0.0194. The molecule has 1 atom stereocenters. The molecule has 0 aliphatic heterocycles. The van der Waals surface area contributed by atoms with Crippen LogP contribution in [0.4, 0.5) is 0 Å². The Kier molecular flexibility index (Phi) is 3.62. The van der Waals surface area contributed by atoms with Crippen molar-refractivity contribution >= 4 is 11.8 Å². The number of nitrogens with zero attached hydrogens (tertiary/aromatic N) is 1. The summed E-state index contributed by atoms with van der Waals surface area (Å²) in [7, 11) is 1.07. The van der Waals surface area contributed by atoms with Crippen molar-refractivity contribution in [2.45, 2.75) is 5.92 Å². The molecule has 0 fully saturated rings. The van der Waals surface area contributed by atoms with Crippen LogP contribution in [0.25, 0.3) is 0 Å². The highest BCUT2D eigenvalue weighted by Crippen LogP contribution is 2.19. The summed E-state index contributed by atoms with van der Waals surface area (Å²) in [5.74, 6) is -3.16. The summed E-state index contributed by atoms with van der Waals surface area (Å²) < 4.78 is 4.25. The summed E-state index contributed by atoms with van der Waals surface area (Å²) in [6.45, 7) is 0. The summed E-state index contributed by atoms with van der Waals surface area (Å²) in [6.07, 6.45) is 0. The summed E-state index contributed by atoms with van der Waals surface area (Å²) >= 11 is 0. The SMILES string of the molecule is COC(=O)C(=O)C(C#N)c1ccc(O)cc1. The number of hydrogen-bond acceptors (Lipinski definition) is 5. The number of ether oxygens (including phenoxy) is 1. The summed E-state index contributed by atoms with van der Waals surface area (Å²) in [6, 6.07) is 7.21. The average molecular weight is 219 g/mol. The van der Waals surface area contributed by atoms with Crippen molar-refractivity contribution in [3.05, 3.63) is 29.8 Å². The number of methoxy groups -OCH3 is 1. The van der Waals surface area contributed by atoms with E-state index < -0.39 is 17.7 Å². The molecule has 1 aromatic carbocycles. The predicted octanol–water partition coefficient (Wildman–Crippen LogP) is 0.741. The van der Waals surface area contributed by atoms with Gasteiger partial charge in [-0.05, 0) is 17.7 Å². The second-order valence-electron chi connectivity index (χ2n) is 3.01. The normalized spacial score (nSPS) is 11.2. The van der Waals surface area contributed by atoms with E-state index in [0.29, 0.717) is 5.56 Å². The molecule has 0 spiro atoms. The first kappa shape index (κ1) is 11.7. The highest BCUT2D eigenvalue weighted by atomic mass is 16.5. The highest BCUT2D eigenvalue weighted by molar-refractivity contribution is 6.36. The zero-order chi connectivity index (χ0) is 12.1. The number of phenolic OH excluding ortho intramolecular Hbond substituents is 1. The Labute approximate surface area is 91.9 Å². The average Bonchev–Trinajstić information content (AvgIpc) is 2.31. The van der Waals surface area contributed by atoms with Gasteiger partial charge in [-0.3, -0.25) is 4.79 Å². The third-order valence-electron chi connectivity index (χ3n) is 2.00. The van der Waals surface area contributed by atoms with E-state index in [4.69, 9.17) is 10.4 Å². The van der Waals surface area contributed by atoms with Crippen LogP contribution in [0.3, 0.4) is 0 Å². The van der Waals surface area contributed by atoms with Crippen molar-refractivity contribution < 1.29 is 19.4 Å². The van der Waals surface area contributed by atoms with Crippen LogP contribution in [0.2, 0.25) is 0 Å². The topological polar surface area (TPSA) is 87.4 Å². The van der Waals surface area contributed by atoms with Crippen LogP contribution in [0.15, 0.2) is 24.3 Å². The van der Waals surface area contributed by atoms with Gasteiger partial charge in [-0.15, -0.1) is 0 Å². The van der Waals surface area contributed by atoms with Gasteiger partial charge in [-0.2, -0.15) is 5.26 Å². The first-order valence-electron chi connectivity index (χ1n) is 4.41. The second kappa shape index (κ2) is 4.94. The molecule has 1 unspecified atom stereocenters. The van der Waals surface area contributed by atoms with Gasteiger partial charge in [-0.1, -0.05) is 12.1 Å². The number of hydrogen-bond donors (Lipinski definition) is 1. The van der Waals surface area contributed by atoms with E-state index in [1.165, 1.54) is 24.3 Å². The second-order valence-corrected chi connectivity index (χ2v) is 3.01. The molecular formula is C11H9NO4. The number of esters is 1. The number of phenols is 1. The Morgan fingerprint density at radius 2 is 1.94 bits per heavy atom. The molecule has 82 valence electrons. The summed E-state index contributed by atoms with van der Waals surface area (Å²) in [5.41, 5.74) is 0.343. The lowest BCUT2D eigenvalue weighted by Gasteiger charge is -2.06. The standard InChI is InChI=1S/C11H9NO4/c1-16-11(15)10(14)9(6-12)7-2-4-8(13)5-3-7/h2-5,9,13H,1H3. The van der Waals surface area contributed by atoms with Gasteiger partial charge in [0.25, 0.3) is 5.78 Å². The maximum atomic E-state index is 11.4. The minimum atomic E-state index is -1.20. The van der Waals surface area contributed by atoms with Gasteiger partial charge in [0, 0.05) is 0 Å². The van der Waals surface area contributed by atoms with Gasteiger partial charge in [0.05, 0.1) is 13.2 Å². The summed E-state index contributed by atoms with van der Waals surface area (Å²) in [5, 5.41) is 17.9. The Morgan fingerprint density at radius 3 is 2.38 bits per heavy atom. The fraction of sp³-hybridized carbons (Fsp3) is 0.182.